The summed E-state index contributed by atoms with van der Waals surface area (Å²) in [5.74, 6) is 0.169. The van der Waals surface area contributed by atoms with Crippen molar-refractivity contribution in [2.24, 2.45) is 5.41 Å². The molecule has 17 heavy (non-hydrogen) atoms. The molecule has 0 bridgehead atoms. The molecule has 1 unspecified atom stereocenters. The van der Waals surface area contributed by atoms with Crippen LogP contribution in [0.3, 0.4) is 0 Å². The van der Waals surface area contributed by atoms with Gasteiger partial charge in [0.1, 0.15) is 0 Å². The van der Waals surface area contributed by atoms with Crippen LogP contribution in [0.1, 0.15) is 13.3 Å². The lowest BCUT2D eigenvalue weighted by atomic mass is 9.89. The third-order valence-corrected chi connectivity index (χ3v) is 3.37. The van der Waals surface area contributed by atoms with Crippen LogP contribution >= 0.6 is 0 Å². The fraction of sp³-hybridized carbons (Fsp3) is 0.917. The molecule has 1 amide bonds. The predicted octanol–water partition coefficient (Wildman–Crippen LogP) is -0.320. The van der Waals surface area contributed by atoms with Crippen LogP contribution in [0.4, 0.5) is 0 Å². The van der Waals surface area contributed by atoms with Gasteiger partial charge in [-0.05, 0) is 26.9 Å². The van der Waals surface area contributed by atoms with Crippen LogP contribution in [-0.2, 0) is 9.53 Å². The Bertz CT molecular complexity index is 240. The highest BCUT2D eigenvalue weighted by Crippen LogP contribution is 2.24. The first-order valence-corrected chi connectivity index (χ1v) is 6.25. The highest BCUT2D eigenvalue weighted by Gasteiger charge is 2.35. The van der Waals surface area contributed by atoms with E-state index in [1.54, 1.807) is 7.11 Å². The van der Waals surface area contributed by atoms with Crippen molar-refractivity contribution < 1.29 is 9.53 Å². The second-order valence-corrected chi connectivity index (χ2v) is 5.04. The van der Waals surface area contributed by atoms with Crippen LogP contribution < -0.4 is 10.6 Å². The number of carbonyl (C=O) groups is 1. The van der Waals surface area contributed by atoms with E-state index in [0.29, 0.717) is 6.54 Å². The molecule has 0 aliphatic carbocycles. The predicted molar refractivity (Wildman–Crippen MR) is 68.0 cm³/mol. The molecule has 2 N–H and O–H groups in total. The van der Waals surface area contributed by atoms with Crippen molar-refractivity contribution in [1.29, 1.82) is 0 Å². The summed E-state index contributed by atoms with van der Waals surface area (Å²) in [7, 11) is 3.73. The van der Waals surface area contributed by atoms with E-state index in [9.17, 15) is 4.79 Å². The fourth-order valence-corrected chi connectivity index (χ4v) is 1.94. The molecule has 1 atom stereocenters. The summed E-state index contributed by atoms with van der Waals surface area (Å²) in [5, 5.41) is 6.24. The minimum absolute atomic E-state index is 0.169. The zero-order chi connectivity index (χ0) is 12.7. The molecule has 5 heteroatoms. The first-order chi connectivity index (χ1) is 8.08. The number of amides is 1. The summed E-state index contributed by atoms with van der Waals surface area (Å²) in [5.41, 5.74) is -0.217. The molecule has 0 saturated carbocycles. The summed E-state index contributed by atoms with van der Waals surface area (Å²) >= 11 is 0. The van der Waals surface area contributed by atoms with Gasteiger partial charge in [0.05, 0.1) is 12.0 Å². The molecule has 1 heterocycles. The maximum Gasteiger partial charge on any atom is 0.227 e. The van der Waals surface area contributed by atoms with Crippen LogP contribution in [0, 0.1) is 5.41 Å². The van der Waals surface area contributed by atoms with Crippen molar-refractivity contribution in [3.05, 3.63) is 0 Å². The van der Waals surface area contributed by atoms with Gasteiger partial charge in [-0.3, -0.25) is 4.79 Å². The molecule has 100 valence electrons. The zero-order valence-electron chi connectivity index (χ0n) is 11.2. The quantitative estimate of drug-likeness (QED) is 0.643. The van der Waals surface area contributed by atoms with Crippen LogP contribution in [0.5, 0.6) is 0 Å². The van der Waals surface area contributed by atoms with Gasteiger partial charge in [0.15, 0.2) is 0 Å². The second-order valence-electron chi connectivity index (χ2n) is 5.04. The van der Waals surface area contributed by atoms with E-state index < -0.39 is 0 Å². The Morgan fingerprint density at radius 1 is 1.53 bits per heavy atom. The van der Waals surface area contributed by atoms with Gasteiger partial charge < -0.3 is 20.3 Å². The summed E-state index contributed by atoms with van der Waals surface area (Å²) in [6.07, 6.45) is 0.929. The van der Waals surface area contributed by atoms with Crippen LogP contribution in [-0.4, -0.2) is 64.3 Å². The lowest BCUT2D eigenvalue weighted by molar-refractivity contribution is -0.129. The number of nitrogens with one attached hydrogen (secondary N) is 2. The Morgan fingerprint density at radius 3 is 2.88 bits per heavy atom. The highest BCUT2D eigenvalue weighted by atomic mass is 16.5. The lowest BCUT2D eigenvalue weighted by Gasteiger charge is -2.23. The van der Waals surface area contributed by atoms with E-state index >= 15 is 0 Å². The maximum absolute atomic E-state index is 12.0. The molecule has 1 fully saturated rings. The maximum atomic E-state index is 12.0. The van der Waals surface area contributed by atoms with E-state index in [2.05, 4.69) is 15.5 Å². The molecule has 0 aromatic rings. The normalized spacial score (nSPS) is 24.2. The van der Waals surface area contributed by atoms with Crippen molar-refractivity contribution in [3.63, 3.8) is 0 Å². The van der Waals surface area contributed by atoms with E-state index in [-0.39, 0.29) is 11.3 Å². The van der Waals surface area contributed by atoms with Crippen molar-refractivity contribution >= 4 is 5.91 Å². The molecule has 1 rings (SSSR count). The zero-order valence-corrected chi connectivity index (χ0v) is 11.2. The topological polar surface area (TPSA) is 53.6 Å². The molecule has 0 aromatic heterocycles. The van der Waals surface area contributed by atoms with Crippen molar-refractivity contribution in [2.75, 3.05) is 53.5 Å². The molecule has 0 aromatic carbocycles. The minimum atomic E-state index is -0.217. The Labute approximate surface area is 104 Å². The SMILES string of the molecule is COCCN(C)CCNC(=O)C1(C)CCNC1. The number of nitrogens with zero attached hydrogens (tertiary/aromatic N) is 1. The average Bonchev–Trinajstić information content (AvgIpc) is 2.74. The van der Waals surface area contributed by atoms with Gasteiger partial charge in [-0.25, -0.2) is 0 Å². The Kier molecular flexibility index (Phi) is 5.88. The number of carbonyl (C=O) groups excluding carboxylic acids is 1. The molecule has 0 spiro atoms. The molecule has 1 aliphatic rings. The largest absolute Gasteiger partial charge is 0.383 e. The van der Waals surface area contributed by atoms with Crippen molar-refractivity contribution in [3.8, 4) is 0 Å². The number of methoxy groups -OCH3 is 1. The second kappa shape index (κ2) is 6.93. The molecular weight excluding hydrogens is 218 g/mol. The fourth-order valence-electron chi connectivity index (χ4n) is 1.94. The van der Waals surface area contributed by atoms with E-state index in [1.165, 1.54) is 0 Å². The summed E-state index contributed by atoms with van der Waals surface area (Å²) < 4.78 is 5.00. The third-order valence-electron chi connectivity index (χ3n) is 3.37. The van der Waals surface area contributed by atoms with Crippen LogP contribution in [0.2, 0.25) is 0 Å². The van der Waals surface area contributed by atoms with Gasteiger partial charge in [0.2, 0.25) is 5.91 Å². The highest BCUT2D eigenvalue weighted by molar-refractivity contribution is 5.82. The Balaban J connectivity index is 2.15. The first-order valence-electron chi connectivity index (χ1n) is 6.25. The molecular formula is C12H25N3O2. The number of likely N-dealkylation sites (N-methyl/N-ethyl adjacent to an activating group) is 1. The van der Waals surface area contributed by atoms with Crippen molar-refractivity contribution in [2.45, 2.75) is 13.3 Å². The van der Waals surface area contributed by atoms with Gasteiger partial charge in [-0.2, -0.15) is 0 Å². The number of hydrogen-bond donors (Lipinski definition) is 2. The minimum Gasteiger partial charge on any atom is -0.383 e. The Morgan fingerprint density at radius 2 is 2.29 bits per heavy atom. The smallest absolute Gasteiger partial charge is 0.227 e. The van der Waals surface area contributed by atoms with Crippen molar-refractivity contribution in [1.82, 2.24) is 15.5 Å². The molecule has 0 radical (unpaired) electrons. The van der Waals surface area contributed by atoms with Gasteiger partial charge in [-0.15, -0.1) is 0 Å². The summed E-state index contributed by atoms with van der Waals surface area (Å²) in [6, 6.07) is 0. The van der Waals surface area contributed by atoms with Gasteiger partial charge >= 0.3 is 0 Å². The standard InChI is InChI=1S/C12H25N3O2/c1-12(4-5-13-10-12)11(16)14-6-7-15(2)8-9-17-3/h13H,4-10H2,1-3H3,(H,14,16). The van der Waals surface area contributed by atoms with E-state index in [4.69, 9.17) is 4.74 Å². The van der Waals surface area contributed by atoms with Gasteiger partial charge in [0.25, 0.3) is 0 Å². The van der Waals surface area contributed by atoms with E-state index in [1.807, 2.05) is 14.0 Å². The third kappa shape index (κ3) is 4.61. The van der Waals surface area contributed by atoms with Crippen LogP contribution in [0.15, 0.2) is 0 Å². The monoisotopic (exact) mass is 243 g/mol. The van der Waals surface area contributed by atoms with E-state index in [0.717, 1.165) is 39.2 Å². The average molecular weight is 243 g/mol. The number of rotatable bonds is 7. The number of hydrogen-bond acceptors (Lipinski definition) is 4. The summed E-state index contributed by atoms with van der Waals surface area (Å²) in [6.45, 7) is 6.94. The molecule has 5 nitrogen and oxygen atoms in total. The van der Waals surface area contributed by atoms with Gasteiger partial charge in [-0.1, -0.05) is 0 Å². The van der Waals surface area contributed by atoms with Crippen LogP contribution in [0.25, 0.3) is 0 Å². The van der Waals surface area contributed by atoms with Gasteiger partial charge in [0, 0.05) is 33.3 Å². The molecule has 1 aliphatic heterocycles. The Hall–Kier alpha value is -0.650. The molecule has 1 saturated heterocycles. The number of ether oxygens (including phenoxy) is 1. The lowest BCUT2D eigenvalue weighted by Crippen LogP contribution is -2.43. The first kappa shape index (κ1) is 14.4. The summed E-state index contributed by atoms with van der Waals surface area (Å²) in [4.78, 5) is 14.1.